The molecule has 1 N–H and O–H groups in total. The molecule has 0 saturated heterocycles. The van der Waals surface area contributed by atoms with Gasteiger partial charge in [-0.2, -0.15) is 0 Å². The van der Waals surface area contributed by atoms with E-state index in [0.717, 1.165) is 32.5 Å². The quantitative estimate of drug-likeness (QED) is 0.803. The summed E-state index contributed by atoms with van der Waals surface area (Å²) in [5.74, 6) is 0. The lowest BCUT2D eigenvalue weighted by molar-refractivity contribution is 0.143. The first-order valence-corrected chi connectivity index (χ1v) is 7.04. The molecule has 0 spiro atoms. The molecule has 0 heterocycles. The smallest absolute Gasteiger partial charge is 0.0592 e. The van der Waals surface area contributed by atoms with Gasteiger partial charge in [-0.3, -0.25) is 0 Å². The van der Waals surface area contributed by atoms with Gasteiger partial charge >= 0.3 is 0 Å². The first-order valence-electron chi connectivity index (χ1n) is 7.04. The van der Waals surface area contributed by atoms with Crippen LogP contribution < -0.4 is 0 Å². The first-order chi connectivity index (χ1) is 8.58. The van der Waals surface area contributed by atoms with Crippen LogP contribution in [0.4, 0.5) is 0 Å². The Bertz CT molecular complexity index is 338. The second-order valence-electron chi connectivity index (χ2n) is 5.04. The molecule has 1 aromatic carbocycles. The largest absolute Gasteiger partial charge is 0.393 e. The molecule has 1 rings (SSSR count). The van der Waals surface area contributed by atoms with E-state index in [9.17, 15) is 5.11 Å². The van der Waals surface area contributed by atoms with E-state index in [-0.39, 0.29) is 6.10 Å². The summed E-state index contributed by atoms with van der Waals surface area (Å²) in [6.45, 7) is 11.7. The van der Waals surface area contributed by atoms with E-state index in [4.69, 9.17) is 0 Å². The van der Waals surface area contributed by atoms with Crippen molar-refractivity contribution < 1.29 is 5.11 Å². The van der Waals surface area contributed by atoms with Crippen molar-refractivity contribution in [1.82, 2.24) is 4.90 Å². The predicted octanol–water partition coefficient (Wildman–Crippen LogP) is 2.94. The number of rotatable bonds is 7. The van der Waals surface area contributed by atoms with Gasteiger partial charge < -0.3 is 10.0 Å². The van der Waals surface area contributed by atoms with Gasteiger partial charge in [0.25, 0.3) is 0 Å². The highest BCUT2D eigenvalue weighted by Gasteiger charge is 2.11. The first kappa shape index (κ1) is 15.2. The Hall–Kier alpha value is -0.860. The molecule has 0 radical (unpaired) electrons. The Morgan fingerprint density at radius 2 is 1.67 bits per heavy atom. The zero-order chi connectivity index (χ0) is 13.5. The number of aryl methyl sites for hydroxylation is 2. The van der Waals surface area contributed by atoms with E-state index in [1.54, 1.807) is 0 Å². The fourth-order valence-corrected chi connectivity index (χ4v) is 2.38. The van der Waals surface area contributed by atoms with E-state index in [1.165, 1.54) is 16.7 Å². The minimum atomic E-state index is -0.231. The maximum atomic E-state index is 10.2. The van der Waals surface area contributed by atoms with Gasteiger partial charge in [0.15, 0.2) is 0 Å². The maximum Gasteiger partial charge on any atom is 0.0592 e. The summed E-state index contributed by atoms with van der Waals surface area (Å²) in [5.41, 5.74) is 3.89. The van der Waals surface area contributed by atoms with Crippen molar-refractivity contribution in [3.05, 3.63) is 34.9 Å². The average molecular weight is 249 g/mol. The van der Waals surface area contributed by atoms with Gasteiger partial charge in [0.1, 0.15) is 0 Å². The summed E-state index contributed by atoms with van der Waals surface area (Å²) in [6.07, 6.45) is 1.40. The SMILES string of the molecule is CCN(CC)CCC(O)Cc1c(C)cccc1C. The van der Waals surface area contributed by atoms with Gasteiger partial charge in [-0.05, 0) is 56.5 Å². The van der Waals surface area contributed by atoms with Crippen LogP contribution in [0.15, 0.2) is 18.2 Å². The fourth-order valence-electron chi connectivity index (χ4n) is 2.38. The van der Waals surface area contributed by atoms with Gasteiger partial charge in [0, 0.05) is 6.54 Å². The Morgan fingerprint density at radius 1 is 1.11 bits per heavy atom. The maximum absolute atomic E-state index is 10.2. The molecule has 1 aromatic rings. The lowest BCUT2D eigenvalue weighted by Crippen LogP contribution is -2.27. The molecule has 0 bridgehead atoms. The fraction of sp³-hybridized carbons (Fsp3) is 0.625. The highest BCUT2D eigenvalue weighted by atomic mass is 16.3. The van der Waals surface area contributed by atoms with Crippen LogP contribution in [0.25, 0.3) is 0 Å². The summed E-state index contributed by atoms with van der Waals surface area (Å²) in [4.78, 5) is 2.36. The zero-order valence-corrected chi connectivity index (χ0v) is 12.2. The molecule has 0 fully saturated rings. The molecule has 18 heavy (non-hydrogen) atoms. The van der Waals surface area contributed by atoms with Gasteiger partial charge in [-0.1, -0.05) is 32.0 Å². The van der Waals surface area contributed by atoms with Crippen molar-refractivity contribution in [2.24, 2.45) is 0 Å². The molecule has 1 unspecified atom stereocenters. The van der Waals surface area contributed by atoms with Crippen LogP contribution in [0, 0.1) is 13.8 Å². The average Bonchev–Trinajstić information content (AvgIpc) is 2.35. The van der Waals surface area contributed by atoms with Gasteiger partial charge in [0.2, 0.25) is 0 Å². The standard InChI is InChI=1S/C16H27NO/c1-5-17(6-2)11-10-15(18)12-16-13(3)8-7-9-14(16)4/h7-9,15,18H,5-6,10-12H2,1-4H3. The lowest BCUT2D eigenvalue weighted by atomic mass is 9.96. The van der Waals surface area contributed by atoms with Gasteiger partial charge in [0.05, 0.1) is 6.10 Å². The second kappa shape index (κ2) is 7.55. The Balaban J connectivity index is 2.52. The van der Waals surface area contributed by atoms with Crippen LogP contribution in [0.5, 0.6) is 0 Å². The highest BCUT2D eigenvalue weighted by molar-refractivity contribution is 5.33. The number of aliphatic hydroxyl groups is 1. The van der Waals surface area contributed by atoms with E-state index in [0.29, 0.717) is 0 Å². The van der Waals surface area contributed by atoms with Crippen molar-refractivity contribution in [2.45, 2.75) is 46.6 Å². The van der Waals surface area contributed by atoms with Crippen LogP contribution in [0.2, 0.25) is 0 Å². The number of aliphatic hydroxyl groups excluding tert-OH is 1. The number of nitrogens with zero attached hydrogens (tertiary/aromatic N) is 1. The van der Waals surface area contributed by atoms with Gasteiger partial charge in [-0.25, -0.2) is 0 Å². The molecule has 2 heteroatoms. The van der Waals surface area contributed by atoms with E-state index >= 15 is 0 Å². The minimum absolute atomic E-state index is 0.231. The Morgan fingerprint density at radius 3 is 2.17 bits per heavy atom. The number of hydrogen-bond acceptors (Lipinski definition) is 2. The molecule has 102 valence electrons. The van der Waals surface area contributed by atoms with E-state index < -0.39 is 0 Å². The minimum Gasteiger partial charge on any atom is -0.393 e. The molecule has 2 nitrogen and oxygen atoms in total. The molecule has 0 aliphatic rings. The molecule has 0 aliphatic carbocycles. The van der Waals surface area contributed by atoms with Crippen LogP contribution in [0.3, 0.4) is 0 Å². The Labute approximate surface area is 112 Å². The van der Waals surface area contributed by atoms with Gasteiger partial charge in [-0.15, -0.1) is 0 Å². The molecule has 1 atom stereocenters. The molecule has 0 aromatic heterocycles. The van der Waals surface area contributed by atoms with Crippen molar-refractivity contribution in [3.63, 3.8) is 0 Å². The zero-order valence-electron chi connectivity index (χ0n) is 12.2. The molecule has 0 amide bonds. The Kier molecular flexibility index (Phi) is 6.37. The number of benzene rings is 1. The predicted molar refractivity (Wildman–Crippen MR) is 78.0 cm³/mol. The molecular weight excluding hydrogens is 222 g/mol. The van der Waals surface area contributed by atoms with Crippen LogP contribution >= 0.6 is 0 Å². The highest BCUT2D eigenvalue weighted by Crippen LogP contribution is 2.16. The van der Waals surface area contributed by atoms with Crippen molar-refractivity contribution in [3.8, 4) is 0 Å². The third-order valence-electron chi connectivity index (χ3n) is 3.76. The second-order valence-corrected chi connectivity index (χ2v) is 5.04. The van der Waals surface area contributed by atoms with Crippen molar-refractivity contribution >= 4 is 0 Å². The third-order valence-corrected chi connectivity index (χ3v) is 3.76. The number of hydrogen-bond donors (Lipinski definition) is 1. The summed E-state index contributed by atoms with van der Waals surface area (Å²) in [5, 5.41) is 10.2. The summed E-state index contributed by atoms with van der Waals surface area (Å²) in [7, 11) is 0. The van der Waals surface area contributed by atoms with E-state index in [1.807, 2.05) is 0 Å². The van der Waals surface area contributed by atoms with Crippen molar-refractivity contribution in [2.75, 3.05) is 19.6 Å². The topological polar surface area (TPSA) is 23.5 Å². The van der Waals surface area contributed by atoms with Crippen LogP contribution in [-0.4, -0.2) is 35.7 Å². The summed E-state index contributed by atoms with van der Waals surface area (Å²) < 4.78 is 0. The van der Waals surface area contributed by atoms with E-state index in [2.05, 4.69) is 50.8 Å². The summed E-state index contributed by atoms with van der Waals surface area (Å²) >= 11 is 0. The molecule has 0 aliphatic heterocycles. The monoisotopic (exact) mass is 249 g/mol. The van der Waals surface area contributed by atoms with Crippen LogP contribution in [0.1, 0.15) is 37.0 Å². The third kappa shape index (κ3) is 4.43. The molecular formula is C16H27NO. The van der Waals surface area contributed by atoms with Crippen molar-refractivity contribution in [1.29, 1.82) is 0 Å². The lowest BCUT2D eigenvalue weighted by Gasteiger charge is -2.21. The molecule has 0 saturated carbocycles. The summed E-state index contributed by atoms with van der Waals surface area (Å²) in [6, 6.07) is 6.33. The van der Waals surface area contributed by atoms with Crippen LogP contribution in [-0.2, 0) is 6.42 Å². The normalized spacial score (nSPS) is 13.0.